The fourth-order valence-electron chi connectivity index (χ4n) is 8.36. The Labute approximate surface area is 471 Å². The number of urea groups is 1. The summed E-state index contributed by atoms with van der Waals surface area (Å²) in [4.78, 5) is 86.7. The first-order valence-electron chi connectivity index (χ1n) is 24.8. The van der Waals surface area contributed by atoms with Crippen molar-refractivity contribution < 1.29 is 75.1 Å². The van der Waals surface area contributed by atoms with Crippen molar-refractivity contribution in [2.75, 3.05) is 70.0 Å². The smallest absolute Gasteiger partial charge is 0.333 e. The highest BCUT2D eigenvalue weighted by Crippen LogP contribution is 2.34. The van der Waals surface area contributed by atoms with Gasteiger partial charge in [0.2, 0.25) is 30.2 Å². The van der Waals surface area contributed by atoms with Crippen molar-refractivity contribution in [1.82, 2.24) is 30.1 Å². The Kier molecular flexibility index (Phi) is 22.9. The third-order valence-corrected chi connectivity index (χ3v) is 14.8. The molecule has 6 amide bonds. The molecule has 2 aromatic carbocycles. The molecule has 4 aromatic rings. The molecule has 2 aliphatic heterocycles. The molecule has 79 heavy (non-hydrogen) atoms. The van der Waals surface area contributed by atoms with Crippen LogP contribution in [-0.2, 0) is 64.0 Å². The lowest BCUT2D eigenvalue weighted by Gasteiger charge is -2.24. The van der Waals surface area contributed by atoms with Crippen LogP contribution in [0.1, 0.15) is 56.9 Å². The highest BCUT2D eigenvalue weighted by Gasteiger charge is 2.47. The first-order valence-corrected chi connectivity index (χ1v) is 27.9. The minimum Gasteiger partial charge on any atom is -0.387 e. The zero-order valence-electron chi connectivity index (χ0n) is 43.0. The van der Waals surface area contributed by atoms with E-state index in [1.54, 1.807) is 66.9 Å². The molecular formula is C50H62Br2N11O15S+. The van der Waals surface area contributed by atoms with Crippen LogP contribution in [0.25, 0.3) is 11.2 Å². The number of rotatable bonds is 31. The summed E-state index contributed by atoms with van der Waals surface area (Å²) in [5.41, 5.74) is 8.26. The number of anilines is 3. The standard InChI is InChI=1S/C50H61Br2N11O15S/c1-4-30-7-5-9-34(23-30)58-44-41-46(63(28-56-41)49-43(67)42(66)36(78-49)26-77-79(54,72)73)61(27-57-44)25-31-10-12-33(13-11-31)59-45(68)32(8-6-15-55-50(53)71)24-35(64)40(29(2)3)60-37(65)14-17-74-19-21-76-22-20-75-18-16-62-47(69)38(51)39(52)48(62)70/h1,5,7,9-13,23,27-29,32,36,40,42-43,49,66-67H,6,8,14-22,24-26H2,2-3H3,(H7,53,54,55,59,60,65,68,71,72,73)/p+1/t32-,36-,40+,42-,43-,49-/m1/s1. The van der Waals surface area contributed by atoms with Crippen molar-refractivity contribution >= 4 is 106 Å². The summed E-state index contributed by atoms with van der Waals surface area (Å²) in [5, 5.41) is 38.4. The molecule has 6 rings (SSSR count). The molecule has 426 valence electrons. The number of ether oxygens (including phenoxy) is 4. The largest absolute Gasteiger partial charge is 0.387 e. The molecule has 0 saturated carbocycles. The number of carbonyl (C=O) groups is 6. The maximum Gasteiger partial charge on any atom is 0.333 e. The van der Waals surface area contributed by atoms with Gasteiger partial charge in [-0.05, 0) is 86.5 Å². The van der Waals surface area contributed by atoms with Crippen LogP contribution >= 0.6 is 31.9 Å². The Balaban J connectivity index is 1.05. The van der Waals surface area contributed by atoms with Gasteiger partial charge in [0.25, 0.3) is 17.5 Å². The minimum atomic E-state index is -4.40. The second-order valence-electron chi connectivity index (χ2n) is 18.5. The number of hydrogen-bond acceptors (Lipinski definition) is 18. The highest BCUT2D eigenvalue weighted by atomic mass is 79.9. The van der Waals surface area contributed by atoms with Gasteiger partial charge in [0.15, 0.2) is 17.6 Å². The van der Waals surface area contributed by atoms with Gasteiger partial charge in [-0.15, -0.1) is 6.42 Å². The molecule has 1 saturated heterocycles. The fourth-order valence-corrected chi connectivity index (χ4v) is 9.45. The van der Waals surface area contributed by atoms with Crippen LogP contribution in [-0.4, -0.2) is 157 Å². The Bertz CT molecular complexity index is 3010. The number of primary amides is 1. The Morgan fingerprint density at radius 2 is 1.61 bits per heavy atom. The van der Waals surface area contributed by atoms with Crippen LogP contribution in [0.5, 0.6) is 0 Å². The summed E-state index contributed by atoms with van der Waals surface area (Å²) in [7, 11) is -4.40. The number of halogens is 2. The van der Waals surface area contributed by atoms with Gasteiger partial charge in [-0.2, -0.15) is 8.42 Å². The fraction of sp³-hybridized carbons (Fsp3) is 0.460. The van der Waals surface area contributed by atoms with E-state index in [1.165, 1.54) is 17.2 Å². The maximum absolute atomic E-state index is 14.0. The van der Waals surface area contributed by atoms with Gasteiger partial charge in [0.05, 0.1) is 65.4 Å². The van der Waals surface area contributed by atoms with Crippen molar-refractivity contribution in [3.05, 3.63) is 81.3 Å². The monoisotopic (exact) mass is 1250 g/mol. The number of aromatic nitrogens is 4. The molecule has 6 atom stereocenters. The number of hydrogen-bond donors (Lipinski definition) is 8. The molecule has 2 aliphatic rings. The number of nitrogens with zero attached hydrogens (tertiary/aromatic N) is 5. The zero-order valence-corrected chi connectivity index (χ0v) is 47.0. The molecule has 26 nitrogen and oxygen atoms in total. The third kappa shape index (κ3) is 17.6. The lowest BCUT2D eigenvalue weighted by Crippen LogP contribution is -2.45. The Hall–Kier alpha value is -6.30. The van der Waals surface area contributed by atoms with E-state index in [-0.39, 0.29) is 99.2 Å². The maximum atomic E-state index is 14.0. The molecule has 4 heterocycles. The van der Waals surface area contributed by atoms with Crippen molar-refractivity contribution in [2.24, 2.45) is 22.7 Å². The SMILES string of the molecule is C#Cc1cccc(Nc2nc[n+](Cc3ccc(NC(=O)[C@H](CCCNC(N)=O)CC(=O)[C@@H](NC(=O)CCOCCOCCOCCN4C(=O)C(Br)=C(Br)C4=O)C(C)C)cc3)c3c2ncn3[C@@H]2O[C@H](COS(N)(=O)=O)[C@@H](O)[C@H]2O)c1. The number of carbonyl (C=O) groups excluding carboxylic acids is 6. The van der Waals surface area contributed by atoms with E-state index in [2.05, 4.69) is 73.2 Å². The first-order chi connectivity index (χ1) is 37.6. The topological polar surface area (TPSA) is 361 Å². The van der Waals surface area contributed by atoms with E-state index in [4.69, 9.17) is 36.2 Å². The van der Waals surface area contributed by atoms with Crippen LogP contribution in [0, 0.1) is 24.2 Å². The van der Waals surface area contributed by atoms with Crippen molar-refractivity contribution in [3.8, 4) is 12.3 Å². The predicted octanol–water partition coefficient (Wildman–Crippen LogP) is 1.24. The van der Waals surface area contributed by atoms with E-state index in [1.807, 2.05) is 0 Å². The number of imide groups is 1. The van der Waals surface area contributed by atoms with E-state index in [0.29, 0.717) is 45.9 Å². The average molecular weight is 1250 g/mol. The molecule has 0 unspecified atom stereocenters. The number of imidazole rings is 1. The summed E-state index contributed by atoms with van der Waals surface area (Å²) < 4.78 is 53.6. The lowest BCUT2D eigenvalue weighted by molar-refractivity contribution is -0.668. The minimum absolute atomic E-state index is 0.0464. The predicted molar refractivity (Wildman–Crippen MR) is 290 cm³/mol. The van der Waals surface area contributed by atoms with E-state index in [9.17, 15) is 47.4 Å². The normalized spacial score (nSPS) is 18.2. The summed E-state index contributed by atoms with van der Waals surface area (Å²) in [5.74, 6) is -0.487. The Morgan fingerprint density at radius 3 is 2.25 bits per heavy atom. The molecule has 0 aliphatic carbocycles. The van der Waals surface area contributed by atoms with Crippen molar-refractivity contribution in [1.29, 1.82) is 0 Å². The second kappa shape index (κ2) is 29.2. The molecule has 29 heteroatoms. The van der Waals surface area contributed by atoms with Crippen molar-refractivity contribution in [2.45, 2.75) is 76.7 Å². The van der Waals surface area contributed by atoms with Gasteiger partial charge in [0, 0.05) is 42.2 Å². The van der Waals surface area contributed by atoms with E-state index < -0.39 is 83.1 Å². The number of benzene rings is 2. The first kappa shape index (κ1) is 61.9. The van der Waals surface area contributed by atoms with Gasteiger partial charge in [-0.25, -0.2) is 24.1 Å². The highest BCUT2D eigenvalue weighted by molar-refractivity contribution is 9.14. The van der Waals surface area contributed by atoms with Gasteiger partial charge in [-0.1, -0.05) is 43.0 Å². The quantitative estimate of drug-likeness (QED) is 0.0152. The molecule has 0 spiro atoms. The summed E-state index contributed by atoms with van der Waals surface area (Å²) in [6.07, 6.45) is 3.04. The van der Waals surface area contributed by atoms with Crippen LogP contribution in [0.3, 0.4) is 0 Å². The molecular weight excluding hydrogens is 1190 g/mol. The summed E-state index contributed by atoms with van der Waals surface area (Å²) in [6.45, 7) is 4.27. The van der Waals surface area contributed by atoms with Gasteiger partial charge < -0.3 is 56.2 Å². The van der Waals surface area contributed by atoms with Gasteiger partial charge in [0.1, 0.15) is 27.3 Å². The van der Waals surface area contributed by atoms with Crippen LogP contribution in [0.15, 0.2) is 70.2 Å². The lowest BCUT2D eigenvalue weighted by atomic mass is 9.89. The molecule has 0 bridgehead atoms. The average Bonchev–Trinajstić information content (AvgIpc) is 4.28. The summed E-state index contributed by atoms with van der Waals surface area (Å²) in [6, 6.07) is 12.2. The van der Waals surface area contributed by atoms with E-state index in [0.717, 1.165) is 4.90 Å². The van der Waals surface area contributed by atoms with Gasteiger partial charge >= 0.3 is 16.3 Å². The number of aliphatic hydroxyl groups excluding tert-OH is 2. The van der Waals surface area contributed by atoms with E-state index >= 15 is 0 Å². The number of ketones is 1. The van der Waals surface area contributed by atoms with Crippen LogP contribution < -0.4 is 36.7 Å². The number of amides is 6. The number of fused-ring (bicyclic) bond motifs is 1. The number of Topliss-reactive ketones (excluding diaryl/α,β-unsaturated/α-hetero) is 1. The van der Waals surface area contributed by atoms with Crippen molar-refractivity contribution in [3.63, 3.8) is 0 Å². The second-order valence-corrected chi connectivity index (χ2v) is 21.3. The Morgan fingerprint density at radius 1 is 0.937 bits per heavy atom. The number of nitrogens with two attached hydrogens (primary N) is 2. The number of aliphatic hydroxyl groups is 2. The number of terminal acetylenes is 1. The molecule has 1 fully saturated rings. The van der Waals surface area contributed by atoms with Crippen LogP contribution in [0.2, 0.25) is 0 Å². The molecule has 0 radical (unpaired) electrons. The molecule has 10 N–H and O–H groups in total. The zero-order chi connectivity index (χ0) is 57.4. The van der Waals surface area contributed by atoms with Gasteiger partial charge in [-0.3, -0.25) is 33.1 Å². The third-order valence-electron chi connectivity index (χ3n) is 12.4. The summed E-state index contributed by atoms with van der Waals surface area (Å²) >= 11 is 6.15. The van der Waals surface area contributed by atoms with Crippen LogP contribution in [0.4, 0.5) is 22.0 Å². The number of nitrogens with one attached hydrogen (secondary N) is 4. The molecule has 2 aromatic heterocycles.